The van der Waals surface area contributed by atoms with Crippen LogP contribution in [0.5, 0.6) is 0 Å². The lowest BCUT2D eigenvalue weighted by molar-refractivity contribution is -0.140. The van der Waals surface area contributed by atoms with Gasteiger partial charge in [-0.1, -0.05) is 52.3 Å². The van der Waals surface area contributed by atoms with E-state index in [1.165, 1.54) is 31.4 Å². The molecule has 1 N–H and O–H groups in total. The number of methoxy groups -OCH3 is 1. The molecule has 0 heterocycles. The third kappa shape index (κ3) is 6.48. The van der Waals surface area contributed by atoms with Gasteiger partial charge in [-0.25, -0.2) is 12.8 Å². The van der Waals surface area contributed by atoms with Crippen molar-refractivity contribution < 1.29 is 22.3 Å². The molecule has 3 aromatic carbocycles. The number of esters is 1. The van der Waals surface area contributed by atoms with Crippen molar-refractivity contribution in [3.05, 3.63) is 99.8 Å². The quantitative estimate of drug-likeness (QED) is 0.396. The monoisotopic (exact) mass is 519 g/mol. The van der Waals surface area contributed by atoms with Crippen LogP contribution >= 0.6 is 15.9 Å². The summed E-state index contributed by atoms with van der Waals surface area (Å²) in [4.78, 5) is 11.4. The molecule has 0 amide bonds. The van der Waals surface area contributed by atoms with Gasteiger partial charge in [0.15, 0.2) is 0 Å². The van der Waals surface area contributed by atoms with Crippen LogP contribution in [0.4, 0.5) is 4.39 Å². The van der Waals surface area contributed by atoms with Crippen LogP contribution < -0.4 is 4.72 Å². The molecule has 0 aliphatic heterocycles. The lowest BCUT2D eigenvalue weighted by atomic mass is 9.97. The highest BCUT2D eigenvalue weighted by Crippen LogP contribution is 2.26. The summed E-state index contributed by atoms with van der Waals surface area (Å²) in [6, 6.07) is 18.9. The Hall–Kier alpha value is -2.55. The topological polar surface area (TPSA) is 72.5 Å². The number of rotatable bonds is 9. The normalized spacial score (nSPS) is 12.3. The fourth-order valence-corrected chi connectivity index (χ4v) is 4.71. The van der Waals surface area contributed by atoms with Crippen LogP contribution in [0.1, 0.15) is 35.6 Å². The molecule has 1 atom stereocenters. The molecule has 0 aliphatic carbocycles. The Morgan fingerprint density at radius 3 is 2.09 bits per heavy atom. The van der Waals surface area contributed by atoms with Crippen LogP contribution in [0, 0.1) is 5.82 Å². The van der Waals surface area contributed by atoms with Crippen LogP contribution in [0.25, 0.3) is 0 Å². The second-order valence-electron chi connectivity index (χ2n) is 7.23. The summed E-state index contributed by atoms with van der Waals surface area (Å²) >= 11 is 3.30. The first kappa shape index (κ1) is 24.1. The number of carbonyl (C=O) groups is 1. The van der Waals surface area contributed by atoms with Gasteiger partial charge in [0.05, 0.1) is 18.0 Å². The molecule has 0 aliphatic rings. The number of aryl methyl sites for hydroxylation is 1. The smallest absolute Gasteiger partial charge is 0.305 e. The van der Waals surface area contributed by atoms with Gasteiger partial charge in [0.25, 0.3) is 0 Å². The first-order chi connectivity index (χ1) is 15.3. The van der Waals surface area contributed by atoms with Crippen LogP contribution in [0.2, 0.25) is 0 Å². The summed E-state index contributed by atoms with van der Waals surface area (Å²) in [7, 11) is -2.47. The molecular weight excluding hydrogens is 497 g/mol. The van der Waals surface area contributed by atoms with E-state index in [9.17, 15) is 17.6 Å². The Morgan fingerprint density at radius 1 is 0.969 bits per heavy atom. The number of hydrogen-bond acceptors (Lipinski definition) is 4. The minimum Gasteiger partial charge on any atom is -0.469 e. The summed E-state index contributed by atoms with van der Waals surface area (Å²) in [5, 5.41) is 0. The van der Waals surface area contributed by atoms with E-state index < -0.39 is 21.9 Å². The van der Waals surface area contributed by atoms with Crippen molar-refractivity contribution in [3.8, 4) is 0 Å². The van der Waals surface area contributed by atoms with Crippen molar-refractivity contribution in [1.29, 1.82) is 0 Å². The van der Waals surface area contributed by atoms with Gasteiger partial charge < -0.3 is 4.74 Å². The summed E-state index contributed by atoms with van der Waals surface area (Å²) in [5.41, 5.74) is 2.35. The molecule has 0 bridgehead atoms. The lowest BCUT2D eigenvalue weighted by Gasteiger charge is -2.20. The van der Waals surface area contributed by atoms with Crippen molar-refractivity contribution in [1.82, 2.24) is 4.72 Å². The first-order valence-electron chi connectivity index (χ1n) is 9.97. The van der Waals surface area contributed by atoms with Crippen molar-refractivity contribution in [2.45, 2.75) is 30.2 Å². The van der Waals surface area contributed by atoms with Gasteiger partial charge in [0.1, 0.15) is 5.82 Å². The third-order valence-electron chi connectivity index (χ3n) is 4.99. The minimum atomic E-state index is -3.84. The highest BCUT2D eigenvalue weighted by molar-refractivity contribution is 9.10. The number of benzene rings is 3. The molecule has 0 saturated heterocycles. The largest absolute Gasteiger partial charge is 0.469 e. The fourth-order valence-electron chi connectivity index (χ4n) is 3.24. The van der Waals surface area contributed by atoms with E-state index in [1.54, 1.807) is 24.3 Å². The van der Waals surface area contributed by atoms with Crippen molar-refractivity contribution >= 4 is 31.9 Å². The summed E-state index contributed by atoms with van der Waals surface area (Å²) in [6.45, 7) is 0. The van der Waals surface area contributed by atoms with Crippen LogP contribution in [0.15, 0.2) is 82.2 Å². The maximum absolute atomic E-state index is 13.5. The molecule has 8 heteroatoms. The number of nitrogens with one attached hydrogen (secondary N) is 1. The molecule has 0 fully saturated rings. The lowest BCUT2D eigenvalue weighted by Crippen LogP contribution is -2.29. The molecular formula is C24H23BrFNO4S. The molecule has 1 unspecified atom stereocenters. The first-order valence-corrected chi connectivity index (χ1v) is 12.2. The van der Waals surface area contributed by atoms with E-state index in [4.69, 9.17) is 0 Å². The third-order valence-corrected chi connectivity index (χ3v) is 6.95. The average Bonchev–Trinajstić information content (AvgIpc) is 2.79. The van der Waals surface area contributed by atoms with E-state index in [0.717, 1.165) is 10.0 Å². The molecule has 3 aromatic rings. The van der Waals surface area contributed by atoms with Gasteiger partial charge in [-0.15, -0.1) is 0 Å². The Morgan fingerprint density at radius 2 is 1.53 bits per heavy atom. The highest BCUT2D eigenvalue weighted by Gasteiger charge is 2.23. The van der Waals surface area contributed by atoms with E-state index >= 15 is 0 Å². The van der Waals surface area contributed by atoms with E-state index in [2.05, 4.69) is 25.4 Å². The summed E-state index contributed by atoms with van der Waals surface area (Å²) in [6.07, 6.45) is 1.69. The van der Waals surface area contributed by atoms with E-state index in [0.29, 0.717) is 30.4 Å². The van der Waals surface area contributed by atoms with Crippen LogP contribution in [-0.4, -0.2) is 21.5 Å². The van der Waals surface area contributed by atoms with E-state index in [1.807, 2.05) is 24.3 Å². The maximum Gasteiger partial charge on any atom is 0.305 e. The zero-order valence-electron chi connectivity index (χ0n) is 17.4. The second-order valence-corrected chi connectivity index (χ2v) is 9.86. The van der Waals surface area contributed by atoms with Crippen molar-refractivity contribution in [2.75, 3.05) is 7.11 Å². The summed E-state index contributed by atoms with van der Waals surface area (Å²) < 4.78 is 47.7. The molecule has 0 aromatic heterocycles. The van der Waals surface area contributed by atoms with E-state index in [-0.39, 0.29) is 10.9 Å². The van der Waals surface area contributed by atoms with Crippen molar-refractivity contribution in [3.63, 3.8) is 0 Å². The molecule has 0 saturated carbocycles. The Kier molecular flexibility index (Phi) is 8.17. The van der Waals surface area contributed by atoms with Gasteiger partial charge in [-0.3, -0.25) is 4.79 Å². The molecule has 168 valence electrons. The number of ether oxygens (including phenoxy) is 1. The fraction of sp³-hybridized carbons (Fsp3) is 0.208. The SMILES string of the molecule is COC(=O)CCCc1ccc(C(NS(=O)(=O)c2ccc(Br)cc2)c2ccc(F)cc2)cc1. The van der Waals surface area contributed by atoms with Crippen LogP contribution in [-0.2, 0) is 26.0 Å². The number of sulfonamides is 1. The van der Waals surface area contributed by atoms with Gasteiger partial charge in [0.2, 0.25) is 10.0 Å². The van der Waals surface area contributed by atoms with Gasteiger partial charge in [0, 0.05) is 10.9 Å². The van der Waals surface area contributed by atoms with Gasteiger partial charge in [-0.05, 0) is 65.9 Å². The number of hydrogen-bond donors (Lipinski definition) is 1. The minimum absolute atomic E-state index is 0.132. The van der Waals surface area contributed by atoms with Crippen LogP contribution in [0.3, 0.4) is 0 Å². The number of carbonyl (C=O) groups excluding carboxylic acids is 1. The molecule has 5 nitrogen and oxygen atoms in total. The van der Waals surface area contributed by atoms with Gasteiger partial charge >= 0.3 is 5.97 Å². The van der Waals surface area contributed by atoms with Gasteiger partial charge in [-0.2, -0.15) is 4.72 Å². The predicted octanol–water partition coefficient (Wildman–Crippen LogP) is 5.15. The second kappa shape index (κ2) is 10.8. The zero-order chi connectivity index (χ0) is 23.1. The maximum atomic E-state index is 13.5. The molecule has 32 heavy (non-hydrogen) atoms. The Balaban J connectivity index is 1.85. The Labute approximate surface area is 195 Å². The molecule has 3 rings (SSSR count). The standard InChI is InChI=1S/C24H23BrFNO4S/c1-31-23(28)4-2-3-17-5-7-18(8-6-17)24(19-9-13-21(26)14-10-19)27-32(29,30)22-15-11-20(25)12-16-22/h5-16,24,27H,2-4H2,1H3. The average molecular weight is 520 g/mol. The highest BCUT2D eigenvalue weighted by atomic mass is 79.9. The zero-order valence-corrected chi connectivity index (χ0v) is 19.8. The predicted molar refractivity (Wildman–Crippen MR) is 124 cm³/mol. The summed E-state index contributed by atoms with van der Waals surface area (Å²) in [5.74, 6) is -0.649. The number of halogens is 2. The Bertz CT molecular complexity index is 1150. The van der Waals surface area contributed by atoms with Crippen molar-refractivity contribution in [2.24, 2.45) is 0 Å². The molecule has 0 spiro atoms. The molecule has 0 radical (unpaired) electrons.